The SMILES string of the molecule is CCc1c(C(=O)N2CCCC(O)C2)nnn1-c1cccc(Cl)c1. The molecule has 1 aliphatic heterocycles. The maximum atomic E-state index is 12.7. The van der Waals surface area contributed by atoms with Crippen molar-refractivity contribution in [2.24, 2.45) is 0 Å². The molecule has 6 nitrogen and oxygen atoms in total. The van der Waals surface area contributed by atoms with Crippen LogP contribution in [-0.4, -0.2) is 50.1 Å². The maximum Gasteiger partial charge on any atom is 0.276 e. The first-order valence-corrected chi connectivity index (χ1v) is 8.15. The lowest BCUT2D eigenvalue weighted by atomic mass is 10.1. The predicted octanol–water partition coefficient (Wildman–Crippen LogP) is 2.08. The summed E-state index contributed by atoms with van der Waals surface area (Å²) in [6.45, 7) is 2.96. The summed E-state index contributed by atoms with van der Waals surface area (Å²) in [5.74, 6) is -0.172. The molecule has 0 aliphatic carbocycles. The Morgan fingerprint density at radius 3 is 3.00 bits per heavy atom. The van der Waals surface area contributed by atoms with Crippen LogP contribution in [0, 0.1) is 0 Å². The number of β-amino-alcohol motifs (C(OH)–C–C–N with tert-alkyl or cyclic N) is 1. The number of aliphatic hydroxyl groups is 1. The topological polar surface area (TPSA) is 71.2 Å². The molecule has 1 amide bonds. The van der Waals surface area contributed by atoms with Crippen molar-refractivity contribution < 1.29 is 9.90 Å². The van der Waals surface area contributed by atoms with Gasteiger partial charge in [-0.1, -0.05) is 29.8 Å². The molecule has 2 aromatic rings. The Bertz CT molecular complexity index is 716. The number of likely N-dealkylation sites (tertiary alicyclic amines) is 1. The second-order valence-electron chi connectivity index (χ2n) is 5.68. The van der Waals surface area contributed by atoms with Crippen LogP contribution in [0.3, 0.4) is 0 Å². The summed E-state index contributed by atoms with van der Waals surface area (Å²) in [6, 6.07) is 7.28. The Labute approximate surface area is 139 Å². The molecule has 0 spiro atoms. The quantitative estimate of drug-likeness (QED) is 0.933. The summed E-state index contributed by atoms with van der Waals surface area (Å²) in [4.78, 5) is 14.4. The van der Waals surface area contributed by atoms with E-state index in [1.807, 2.05) is 19.1 Å². The fourth-order valence-electron chi connectivity index (χ4n) is 2.89. The monoisotopic (exact) mass is 334 g/mol. The first-order chi connectivity index (χ1) is 11.1. The van der Waals surface area contributed by atoms with Crippen LogP contribution in [0.15, 0.2) is 24.3 Å². The number of hydrogen-bond acceptors (Lipinski definition) is 4. The highest BCUT2D eigenvalue weighted by Crippen LogP contribution is 2.20. The Kier molecular flexibility index (Phi) is 4.63. The average Bonchev–Trinajstić information content (AvgIpc) is 2.98. The molecule has 0 radical (unpaired) electrons. The summed E-state index contributed by atoms with van der Waals surface area (Å²) >= 11 is 6.03. The van der Waals surface area contributed by atoms with E-state index in [-0.39, 0.29) is 5.91 Å². The van der Waals surface area contributed by atoms with Crippen molar-refractivity contribution in [2.75, 3.05) is 13.1 Å². The van der Waals surface area contributed by atoms with E-state index >= 15 is 0 Å². The Hall–Kier alpha value is -1.92. The number of benzene rings is 1. The number of hydrogen-bond donors (Lipinski definition) is 1. The molecular weight excluding hydrogens is 316 g/mol. The van der Waals surface area contributed by atoms with E-state index in [4.69, 9.17) is 11.6 Å². The van der Waals surface area contributed by atoms with Crippen LogP contribution in [-0.2, 0) is 6.42 Å². The first kappa shape index (κ1) is 16.0. The number of aromatic nitrogens is 3. The van der Waals surface area contributed by atoms with Gasteiger partial charge < -0.3 is 10.0 Å². The van der Waals surface area contributed by atoms with Crippen molar-refractivity contribution in [1.29, 1.82) is 0 Å². The lowest BCUT2D eigenvalue weighted by molar-refractivity contribution is 0.0468. The van der Waals surface area contributed by atoms with Gasteiger partial charge in [0.25, 0.3) is 5.91 Å². The van der Waals surface area contributed by atoms with Gasteiger partial charge in [0.1, 0.15) is 0 Å². The van der Waals surface area contributed by atoms with Gasteiger partial charge in [0, 0.05) is 18.1 Å². The molecule has 1 saturated heterocycles. The lowest BCUT2D eigenvalue weighted by Gasteiger charge is -2.29. The summed E-state index contributed by atoms with van der Waals surface area (Å²) in [5.41, 5.74) is 1.87. The van der Waals surface area contributed by atoms with Gasteiger partial charge in [-0.2, -0.15) is 0 Å². The summed E-state index contributed by atoms with van der Waals surface area (Å²) in [6.07, 6.45) is 1.70. The van der Waals surface area contributed by atoms with E-state index in [2.05, 4.69) is 10.3 Å². The fourth-order valence-corrected chi connectivity index (χ4v) is 3.07. The highest BCUT2D eigenvalue weighted by Gasteiger charge is 2.28. The molecule has 1 aliphatic rings. The van der Waals surface area contributed by atoms with E-state index in [0.29, 0.717) is 30.2 Å². The molecule has 0 saturated carbocycles. The van der Waals surface area contributed by atoms with Crippen molar-refractivity contribution in [1.82, 2.24) is 19.9 Å². The lowest BCUT2D eigenvalue weighted by Crippen LogP contribution is -2.42. The maximum absolute atomic E-state index is 12.7. The molecule has 122 valence electrons. The number of amides is 1. The van der Waals surface area contributed by atoms with E-state index in [1.165, 1.54) is 0 Å². The summed E-state index contributed by atoms with van der Waals surface area (Å²) in [7, 11) is 0. The minimum Gasteiger partial charge on any atom is -0.391 e. The van der Waals surface area contributed by atoms with E-state index < -0.39 is 6.10 Å². The normalized spacial score (nSPS) is 18.2. The third-order valence-corrected chi connectivity index (χ3v) is 4.27. The molecule has 1 aromatic carbocycles. The van der Waals surface area contributed by atoms with Gasteiger partial charge in [0.15, 0.2) is 5.69 Å². The number of aliphatic hydroxyl groups excluding tert-OH is 1. The van der Waals surface area contributed by atoms with Crippen LogP contribution in [0.2, 0.25) is 5.02 Å². The molecule has 1 unspecified atom stereocenters. The van der Waals surface area contributed by atoms with Crippen LogP contribution in [0.25, 0.3) is 5.69 Å². The van der Waals surface area contributed by atoms with Gasteiger partial charge in [0.05, 0.1) is 17.5 Å². The van der Waals surface area contributed by atoms with Gasteiger partial charge in [-0.05, 0) is 37.5 Å². The van der Waals surface area contributed by atoms with E-state index in [0.717, 1.165) is 24.2 Å². The number of carbonyl (C=O) groups is 1. The smallest absolute Gasteiger partial charge is 0.276 e. The van der Waals surface area contributed by atoms with Crippen molar-refractivity contribution in [2.45, 2.75) is 32.3 Å². The van der Waals surface area contributed by atoms with Crippen LogP contribution < -0.4 is 0 Å². The van der Waals surface area contributed by atoms with Crippen LogP contribution in [0.1, 0.15) is 35.9 Å². The zero-order chi connectivity index (χ0) is 16.4. The fraction of sp³-hybridized carbons (Fsp3) is 0.438. The Morgan fingerprint density at radius 2 is 2.30 bits per heavy atom. The molecule has 23 heavy (non-hydrogen) atoms. The molecule has 1 atom stereocenters. The van der Waals surface area contributed by atoms with Gasteiger partial charge in [-0.3, -0.25) is 4.79 Å². The van der Waals surface area contributed by atoms with Gasteiger partial charge in [-0.15, -0.1) is 5.10 Å². The van der Waals surface area contributed by atoms with Crippen LogP contribution in [0.5, 0.6) is 0 Å². The highest BCUT2D eigenvalue weighted by atomic mass is 35.5. The zero-order valence-corrected chi connectivity index (χ0v) is 13.7. The Balaban J connectivity index is 1.93. The summed E-state index contributed by atoms with van der Waals surface area (Å²) < 4.78 is 1.65. The van der Waals surface area contributed by atoms with E-state index in [1.54, 1.807) is 21.7 Å². The molecule has 7 heteroatoms. The number of piperidine rings is 1. The second-order valence-corrected chi connectivity index (χ2v) is 6.11. The molecule has 3 rings (SSSR count). The average molecular weight is 335 g/mol. The number of carbonyl (C=O) groups excluding carboxylic acids is 1. The third kappa shape index (κ3) is 3.23. The van der Waals surface area contributed by atoms with Crippen LogP contribution in [0.4, 0.5) is 0 Å². The minimum atomic E-state index is -0.458. The number of halogens is 1. The van der Waals surface area contributed by atoms with Gasteiger partial charge in [0.2, 0.25) is 0 Å². The molecule has 1 fully saturated rings. The second kappa shape index (κ2) is 6.68. The standard InChI is InChI=1S/C16H19ClN4O2/c1-2-14-15(16(23)20-8-4-7-13(22)10-20)18-19-21(14)12-6-3-5-11(17)9-12/h3,5-6,9,13,22H,2,4,7-8,10H2,1H3. The van der Waals surface area contributed by atoms with Crippen molar-refractivity contribution in [3.8, 4) is 5.69 Å². The van der Waals surface area contributed by atoms with Crippen LogP contribution >= 0.6 is 11.6 Å². The van der Waals surface area contributed by atoms with Gasteiger partial charge >= 0.3 is 0 Å². The Morgan fingerprint density at radius 1 is 1.48 bits per heavy atom. The minimum absolute atomic E-state index is 0.172. The first-order valence-electron chi connectivity index (χ1n) is 7.78. The number of rotatable bonds is 3. The molecule has 0 bridgehead atoms. The molecule has 2 heterocycles. The predicted molar refractivity (Wildman–Crippen MR) is 86.9 cm³/mol. The zero-order valence-electron chi connectivity index (χ0n) is 12.9. The molecule has 1 aromatic heterocycles. The summed E-state index contributed by atoms with van der Waals surface area (Å²) in [5, 5.41) is 18.6. The van der Waals surface area contributed by atoms with Crippen molar-refractivity contribution in [3.05, 3.63) is 40.7 Å². The van der Waals surface area contributed by atoms with Crippen molar-refractivity contribution >= 4 is 17.5 Å². The largest absolute Gasteiger partial charge is 0.391 e. The van der Waals surface area contributed by atoms with Gasteiger partial charge in [-0.25, -0.2) is 4.68 Å². The third-order valence-electron chi connectivity index (χ3n) is 4.04. The molecule has 1 N–H and O–H groups in total. The van der Waals surface area contributed by atoms with E-state index in [9.17, 15) is 9.90 Å². The number of nitrogens with zero attached hydrogens (tertiary/aromatic N) is 4. The highest BCUT2D eigenvalue weighted by molar-refractivity contribution is 6.30. The van der Waals surface area contributed by atoms with Crippen molar-refractivity contribution in [3.63, 3.8) is 0 Å². The molecular formula is C16H19ClN4O2.